The molecule has 0 aliphatic rings. The van der Waals surface area contributed by atoms with Gasteiger partial charge < -0.3 is 10.2 Å². The topological polar surface area (TPSA) is 69.0 Å². The third-order valence-electron chi connectivity index (χ3n) is 2.76. The molecule has 0 fully saturated rings. The third-order valence-corrected chi connectivity index (χ3v) is 2.76. The first-order valence-electron chi connectivity index (χ1n) is 6.02. The van der Waals surface area contributed by atoms with E-state index in [2.05, 4.69) is 10.3 Å². The highest BCUT2D eigenvalue weighted by atomic mass is 16.1. The Balaban J connectivity index is 2.56. The number of aromatic nitrogens is 1. The molecule has 19 heavy (non-hydrogen) atoms. The van der Waals surface area contributed by atoms with Crippen molar-refractivity contribution in [1.82, 2.24) is 15.2 Å². The van der Waals surface area contributed by atoms with E-state index in [-0.39, 0.29) is 11.5 Å². The third kappa shape index (κ3) is 4.43. The van der Waals surface area contributed by atoms with E-state index in [1.54, 1.807) is 32.1 Å². The monoisotopic (exact) mass is 258 g/mol. The summed E-state index contributed by atoms with van der Waals surface area (Å²) in [4.78, 5) is 17.8. The number of rotatable bonds is 5. The van der Waals surface area contributed by atoms with Crippen LogP contribution in [0.15, 0.2) is 35.7 Å². The fourth-order valence-electron chi connectivity index (χ4n) is 1.46. The van der Waals surface area contributed by atoms with Crippen molar-refractivity contribution in [3.63, 3.8) is 0 Å². The second kappa shape index (κ2) is 7.17. The zero-order chi connectivity index (χ0) is 14.3. The molecule has 0 aliphatic carbocycles. The molecule has 1 aromatic heterocycles. The number of amides is 1. The molecule has 0 atom stereocenters. The summed E-state index contributed by atoms with van der Waals surface area (Å²) in [7, 11) is 3.60. The van der Waals surface area contributed by atoms with Gasteiger partial charge in [-0.25, -0.2) is 0 Å². The van der Waals surface area contributed by atoms with Gasteiger partial charge in [-0.05, 0) is 19.1 Å². The lowest BCUT2D eigenvalue weighted by molar-refractivity contribution is -0.117. The second-order valence-corrected chi connectivity index (χ2v) is 4.29. The normalized spacial score (nSPS) is 11.3. The highest BCUT2D eigenvalue weighted by Gasteiger charge is 2.13. The van der Waals surface area contributed by atoms with Gasteiger partial charge in [0, 0.05) is 44.6 Å². The van der Waals surface area contributed by atoms with E-state index in [1.165, 1.54) is 0 Å². The van der Waals surface area contributed by atoms with Crippen LogP contribution >= 0.6 is 0 Å². The van der Waals surface area contributed by atoms with Crippen molar-refractivity contribution in [3.8, 4) is 6.07 Å². The van der Waals surface area contributed by atoms with Crippen LogP contribution in [0.2, 0.25) is 0 Å². The van der Waals surface area contributed by atoms with E-state index in [0.29, 0.717) is 18.7 Å². The number of allylic oxidation sites excluding steroid dienone is 1. The lowest BCUT2D eigenvalue weighted by Crippen LogP contribution is -2.29. The first-order valence-corrected chi connectivity index (χ1v) is 6.02. The predicted molar refractivity (Wildman–Crippen MR) is 73.0 cm³/mol. The number of carbonyl (C=O) groups excluding carboxylic acids is 1. The van der Waals surface area contributed by atoms with E-state index in [0.717, 1.165) is 5.69 Å². The maximum absolute atomic E-state index is 11.9. The molecule has 0 bridgehead atoms. The first kappa shape index (κ1) is 14.7. The number of pyridine rings is 1. The molecule has 0 saturated heterocycles. The molecule has 100 valence electrons. The van der Waals surface area contributed by atoms with Crippen molar-refractivity contribution in [2.45, 2.75) is 13.3 Å². The van der Waals surface area contributed by atoms with Gasteiger partial charge in [-0.3, -0.25) is 9.78 Å². The minimum atomic E-state index is -0.343. The van der Waals surface area contributed by atoms with Crippen LogP contribution in [0, 0.1) is 11.3 Å². The molecule has 1 aromatic rings. The number of hydrogen-bond donors (Lipinski definition) is 1. The molecule has 0 spiro atoms. The minimum Gasteiger partial charge on any atom is -0.380 e. The lowest BCUT2D eigenvalue weighted by Gasteiger charge is -2.14. The Kier molecular flexibility index (Phi) is 5.55. The van der Waals surface area contributed by atoms with E-state index < -0.39 is 0 Å². The summed E-state index contributed by atoms with van der Waals surface area (Å²) in [6, 6.07) is 7.59. The van der Waals surface area contributed by atoms with E-state index in [4.69, 9.17) is 5.26 Å². The zero-order valence-corrected chi connectivity index (χ0v) is 11.5. The van der Waals surface area contributed by atoms with Crippen molar-refractivity contribution < 1.29 is 4.79 Å². The summed E-state index contributed by atoms with van der Waals surface area (Å²) in [5.74, 6) is -0.343. The van der Waals surface area contributed by atoms with Crippen LogP contribution in [0.25, 0.3) is 0 Å². The number of hydrogen-bond acceptors (Lipinski definition) is 4. The molecule has 1 amide bonds. The van der Waals surface area contributed by atoms with Crippen molar-refractivity contribution in [2.24, 2.45) is 0 Å². The molecule has 5 heteroatoms. The van der Waals surface area contributed by atoms with E-state index in [1.807, 2.05) is 24.3 Å². The van der Waals surface area contributed by atoms with Gasteiger partial charge in [0.2, 0.25) is 0 Å². The summed E-state index contributed by atoms with van der Waals surface area (Å²) in [5.41, 5.74) is 1.71. The fraction of sp³-hybridized carbons (Fsp3) is 0.357. The van der Waals surface area contributed by atoms with E-state index >= 15 is 0 Å². The summed E-state index contributed by atoms with van der Waals surface area (Å²) in [5, 5.41) is 11.8. The largest absolute Gasteiger partial charge is 0.380 e. The van der Waals surface area contributed by atoms with Gasteiger partial charge in [0.05, 0.1) is 0 Å². The molecule has 0 radical (unpaired) electrons. The Bertz CT molecular complexity index is 500. The smallest absolute Gasteiger partial charge is 0.263 e. The maximum atomic E-state index is 11.9. The first-order chi connectivity index (χ1) is 9.06. The molecule has 0 aromatic carbocycles. The van der Waals surface area contributed by atoms with Gasteiger partial charge in [-0.2, -0.15) is 5.26 Å². The van der Waals surface area contributed by atoms with Crippen LogP contribution in [0.3, 0.4) is 0 Å². The summed E-state index contributed by atoms with van der Waals surface area (Å²) in [6.45, 7) is 2.21. The van der Waals surface area contributed by atoms with Gasteiger partial charge >= 0.3 is 0 Å². The maximum Gasteiger partial charge on any atom is 0.263 e. The van der Waals surface area contributed by atoms with Crippen LogP contribution in [0.5, 0.6) is 0 Å². The SMILES string of the molecule is C/C(=C(\C#N)C(=O)NCCc1ccccn1)N(C)C. The highest BCUT2D eigenvalue weighted by Crippen LogP contribution is 2.05. The Morgan fingerprint density at radius 3 is 2.74 bits per heavy atom. The van der Waals surface area contributed by atoms with Gasteiger partial charge in [-0.1, -0.05) is 6.07 Å². The number of nitriles is 1. The molecular weight excluding hydrogens is 240 g/mol. The highest BCUT2D eigenvalue weighted by molar-refractivity contribution is 5.97. The number of nitrogens with one attached hydrogen (secondary N) is 1. The molecule has 1 rings (SSSR count). The van der Waals surface area contributed by atoms with Crippen LogP contribution < -0.4 is 5.32 Å². The number of nitrogens with zero attached hydrogens (tertiary/aromatic N) is 3. The van der Waals surface area contributed by atoms with Gasteiger partial charge in [0.1, 0.15) is 11.6 Å². The average Bonchev–Trinajstić information content (AvgIpc) is 2.40. The predicted octanol–water partition coefficient (Wildman–Crippen LogP) is 1.10. The van der Waals surface area contributed by atoms with Crippen molar-refractivity contribution in [1.29, 1.82) is 5.26 Å². The Morgan fingerprint density at radius 2 is 2.21 bits per heavy atom. The number of carbonyl (C=O) groups is 1. The van der Waals surface area contributed by atoms with Crippen molar-refractivity contribution in [3.05, 3.63) is 41.4 Å². The summed E-state index contributed by atoms with van der Waals surface area (Å²) in [6.07, 6.45) is 2.36. The average molecular weight is 258 g/mol. The molecule has 1 heterocycles. The van der Waals surface area contributed by atoms with Crippen molar-refractivity contribution >= 4 is 5.91 Å². The van der Waals surface area contributed by atoms with Crippen LogP contribution in [0.1, 0.15) is 12.6 Å². The Morgan fingerprint density at radius 1 is 1.47 bits per heavy atom. The molecule has 1 N–H and O–H groups in total. The van der Waals surface area contributed by atoms with Gasteiger partial charge in [0.25, 0.3) is 5.91 Å². The second-order valence-electron chi connectivity index (χ2n) is 4.29. The minimum absolute atomic E-state index is 0.144. The summed E-state index contributed by atoms with van der Waals surface area (Å²) >= 11 is 0. The van der Waals surface area contributed by atoms with Crippen LogP contribution in [-0.2, 0) is 11.2 Å². The van der Waals surface area contributed by atoms with Crippen LogP contribution in [-0.4, -0.2) is 36.4 Å². The van der Waals surface area contributed by atoms with Gasteiger partial charge in [-0.15, -0.1) is 0 Å². The van der Waals surface area contributed by atoms with Gasteiger partial charge in [0.15, 0.2) is 0 Å². The molecule has 0 saturated carbocycles. The van der Waals surface area contributed by atoms with Crippen LogP contribution in [0.4, 0.5) is 0 Å². The standard InChI is InChI=1S/C14H18N4O/c1-11(18(2)3)13(10-15)14(19)17-9-7-12-6-4-5-8-16-12/h4-6,8H,7,9H2,1-3H3,(H,17,19)/b13-11-. The Labute approximate surface area is 113 Å². The fourth-order valence-corrected chi connectivity index (χ4v) is 1.46. The zero-order valence-electron chi connectivity index (χ0n) is 11.5. The van der Waals surface area contributed by atoms with Crippen molar-refractivity contribution in [2.75, 3.05) is 20.6 Å². The molecule has 5 nitrogen and oxygen atoms in total. The Hall–Kier alpha value is -2.35. The quantitative estimate of drug-likeness (QED) is 0.634. The molecular formula is C14H18N4O. The molecule has 0 unspecified atom stereocenters. The lowest BCUT2D eigenvalue weighted by atomic mass is 10.2. The summed E-state index contributed by atoms with van der Waals surface area (Å²) < 4.78 is 0. The molecule has 0 aliphatic heterocycles. The van der Waals surface area contributed by atoms with E-state index in [9.17, 15) is 4.79 Å².